The first kappa shape index (κ1) is 12.7. The number of nitriles is 1. The average molecular weight is 281 g/mol. The van der Waals surface area contributed by atoms with Crippen LogP contribution in [0.5, 0.6) is 0 Å². The molecule has 0 aromatic heterocycles. The molecule has 1 amide bonds. The molecule has 1 aromatic rings. The second kappa shape index (κ2) is 5.66. The Bertz CT molecular complexity index is 423. The normalized spacial score (nSPS) is 11.6. The lowest BCUT2D eigenvalue weighted by molar-refractivity contribution is 0.0797. The number of carbonyl (C=O) groups excluding carboxylic acids is 1. The van der Waals surface area contributed by atoms with Gasteiger partial charge >= 0.3 is 0 Å². The highest BCUT2D eigenvalue weighted by atomic mass is 79.9. The van der Waals surface area contributed by atoms with Crippen molar-refractivity contribution in [2.75, 3.05) is 13.6 Å². The zero-order valence-corrected chi connectivity index (χ0v) is 10.9. The molecule has 1 unspecified atom stereocenters. The Morgan fingerprint density at radius 3 is 2.88 bits per heavy atom. The monoisotopic (exact) mass is 280 g/mol. The van der Waals surface area contributed by atoms with Gasteiger partial charge in [-0.1, -0.05) is 28.9 Å². The van der Waals surface area contributed by atoms with E-state index in [0.29, 0.717) is 17.7 Å². The van der Waals surface area contributed by atoms with Crippen LogP contribution in [0.1, 0.15) is 22.8 Å². The van der Waals surface area contributed by atoms with Crippen molar-refractivity contribution < 1.29 is 4.79 Å². The molecule has 0 spiro atoms. The zero-order valence-electron chi connectivity index (χ0n) is 9.27. The Morgan fingerprint density at radius 2 is 2.31 bits per heavy atom. The fraction of sp³-hybridized carbons (Fsp3) is 0.333. The molecule has 84 valence electrons. The summed E-state index contributed by atoms with van der Waals surface area (Å²) in [6, 6.07) is 8.76. The third-order valence-corrected chi connectivity index (χ3v) is 2.40. The van der Waals surface area contributed by atoms with E-state index in [2.05, 4.69) is 15.9 Å². The lowest BCUT2D eigenvalue weighted by atomic mass is 10.1. The maximum absolute atomic E-state index is 11.9. The van der Waals surface area contributed by atoms with Crippen LogP contribution in [0.3, 0.4) is 0 Å². The van der Waals surface area contributed by atoms with Gasteiger partial charge in [0.1, 0.15) is 0 Å². The third-order valence-electron chi connectivity index (χ3n) is 2.11. The molecule has 0 saturated heterocycles. The molecule has 3 nitrogen and oxygen atoms in total. The van der Waals surface area contributed by atoms with Crippen LogP contribution in [0.2, 0.25) is 0 Å². The van der Waals surface area contributed by atoms with Gasteiger partial charge in [-0.25, -0.2) is 0 Å². The molecule has 1 rings (SSSR count). The van der Waals surface area contributed by atoms with E-state index in [9.17, 15) is 4.79 Å². The molecule has 0 fully saturated rings. The molecule has 1 aromatic carbocycles. The van der Waals surface area contributed by atoms with E-state index in [0.717, 1.165) is 0 Å². The van der Waals surface area contributed by atoms with E-state index >= 15 is 0 Å². The highest BCUT2D eigenvalue weighted by molar-refractivity contribution is 9.09. The summed E-state index contributed by atoms with van der Waals surface area (Å²) in [6.45, 7) is 2.62. The predicted molar refractivity (Wildman–Crippen MR) is 66.5 cm³/mol. The molecule has 0 bridgehead atoms. The van der Waals surface area contributed by atoms with Gasteiger partial charge in [0.2, 0.25) is 0 Å². The van der Waals surface area contributed by atoms with Crippen molar-refractivity contribution in [3.63, 3.8) is 0 Å². The second-order valence-corrected chi connectivity index (χ2v) is 5.22. The molecule has 0 aliphatic rings. The maximum Gasteiger partial charge on any atom is 0.253 e. The maximum atomic E-state index is 11.9. The summed E-state index contributed by atoms with van der Waals surface area (Å²) in [4.78, 5) is 13.8. The van der Waals surface area contributed by atoms with Gasteiger partial charge < -0.3 is 4.90 Å². The van der Waals surface area contributed by atoms with Crippen molar-refractivity contribution in [3.8, 4) is 6.07 Å². The number of alkyl halides is 1. The summed E-state index contributed by atoms with van der Waals surface area (Å²) in [5.41, 5.74) is 1.06. The van der Waals surface area contributed by atoms with Gasteiger partial charge in [-0.15, -0.1) is 0 Å². The Labute approximate surface area is 104 Å². The number of halogens is 1. The van der Waals surface area contributed by atoms with E-state index < -0.39 is 0 Å². The smallest absolute Gasteiger partial charge is 0.253 e. The molecule has 0 aliphatic heterocycles. The van der Waals surface area contributed by atoms with Crippen LogP contribution in [0, 0.1) is 11.3 Å². The van der Waals surface area contributed by atoms with Crippen molar-refractivity contribution in [2.45, 2.75) is 11.8 Å². The van der Waals surface area contributed by atoms with Crippen LogP contribution in [-0.4, -0.2) is 29.2 Å². The van der Waals surface area contributed by atoms with Gasteiger partial charge in [-0.05, 0) is 18.2 Å². The number of rotatable bonds is 3. The summed E-state index contributed by atoms with van der Waals surface area (Å²) in [5.74, 6) is -0.0663. The largest absolute Gasteiger partial charge is 0.341 e. The van der Waals surface area contributed by atoms with E-state index in [4.69, 9.17) is 5.26 Å². The van der Waals surface area contributed by atoms with Gasteiger partial charge in [-0.2, -0.15) is 5.26 Å². The zero-order chi connectivity index (χ0) is 12.1. The van der Waals surface area contributed by atoms with Crippen LogP contribution in [0.15, 0.2) is 24.3 Å². The fourth-order valence-electron chi connectivity index (χ4n) is 1.40. The summed E-state index contributed by atoms with van der Waals surface area (Å²) in [7, 11) is 1.75. The van der Waals surface area contributed by atoms with Crippen molar-refractivity contribution in [2.24, 2.45) is 0 Å². The summed E-state index contributed by atoms with van der Waals surface area (Å²) in [5, 5.41) is 8.75. The van der Waals surface area contributed by atoms with Crippen LogP contribution in [-0.2, 0) is 0 Å². The van der Waals surface area contributed by atoms with Crippen molar-refractivity contribution in [1.29, 1.82) is 5.26 Å². The molecule has 1 atom stereocenters. The lowest BCUT2D eigenvalue weighted by Crippen LogP contribution is -2.31. The van der Waals surface area contributed by atoms with E-state index in [1.165, 1.54) is 0 Å². The molecular weight excluding hydrogens is 268 g/mol. The number of benzene rings is 1. The van der Waals surface area contributed by atoms with Crippen LogP contribution in [0.25, 0.3) is 0 Å². The topological polar surface area (TPSA) is 44.1 Å². The Kier molecular flexibility index (Phi) is 4.51. The molecule has 0 heterocycles. The molecule has 16 heavy (non-hydrogen) atoms. The van der Waals surface area contributed by atoms with E-state index in [-0.39, 0.29) is 10.7 Å². The predicted octanol–water partition coefficient (Wildman–Crippen LogP) is 2.41. The summed E-state index contributed by atoms with van der Waals surface area (Å²) >= 11 is 3.40. The van der Waals surface area contributed by atoms with Crippen molar-refractivity contribution >= 4 is 21.8 Å². The highest BCUT2D eigenvalue weighted by Crippen LogP contribution is 2.08. The minimum atomic E-state index is -0.0663. The molecule has 0 aliphatic carbocycles. The number of amides is 1. The summed E-state index contributed by atoms with van der Waals surface area (Å²) < 4.78 is 0. The second-order valence-electron chi connectivity index (χ2n) is 3.66. The lowest BCUT2D eigenvalue weighted by Gasteiger charge is -2.18. The third kappa shape index (κ3) is 3.35. The quantitative estimate of drug-likeness (QED) is 0.799. The van der Waals surface area contributed by atoms with Gasteiger partial charge in [0.15, 0.2) is 0 Å². The first-order chi connectivity index (χ1) is 7.54. The highest BCUT2D eigenvalue weighted by Gasteiger charge is 2.13. The molecule has 4 heteroatoms. The van der Waals surface area contributed by atoms with Crippen LogP contribution in [0.4, 0.5) is 0 Å². The number of nitrogens with zero attached hydrogens (tertiary/aromatic N) is 2. The number of hydrogen-bond donors (Lipinski definition) is 0. The van der Waals surface area contributed by atoms with Crippen molar-refractivity contribution in [1.82, 2.24) is 4.90 Å². The minimum Gasteiger partial charge on any atom is -0.341 e. The molecule has 0 saturated carbocycles. The first-order valence-corrected chi connectivity index (χ1v) is 5.86. The Morgan fingerprint density at radius 1 is 1.62 bits per heavy atom. The van der Waals surface area contributed by atoms with Gasteiger partial charge in [0.25, 0.3) is 5.91 Å². The Balaban J connectivity index is 2.84. The first-order valence-electron chi connectivity index (χ1n) is 4.94. The van der Waals surface area contributed by atoms with Gasteiger partial charge in [0.05, 0.1) is 11.6 Å². The van der Waals surface area contributed by atoms with E-state index in [1.807, 2.05) is 13.0 Å². The summed E-state index contributed by atoms with van der Waals surface area (Å²) in [6.07, 6.45) is 0. The van der Waals surface area contributed by atoms with E-state index in [1.54, 1.807) is 36.2 Å². The average Bonchev–Trinajstić information content (AvgIpc) is 2.27. The van der Waals surface area contributed by atoms with Crippen LogP contribution >= 0.6 is 15.9 Å². The standard InChI is InChI=1S/C12H13BrN2O/c1-9(13)8-15(2)12(16)11-5-3-4-10(6-11)7-14/h3-6,9H,8H2,1-2H3. The number of hydrogen-bond acceptors (Lipinski definition) is 2. The molecule has 0 N–H and O–H groups in total. The van der Waals surface area contributed by atoms with Crippen molar-refractivity contribution in [3.05, 3.63) is 35.4 Å². The SMILES string of the molecule is CC(Br)CN(C)C(=O)c1cccc(C#N)c1. The number of carbonyl (C=O) groups is 1. The fourth-order valence-corrected chi connectivity index (χ4v) is 1.84. The minimum absolute atomic E-state index is 0.0663. The Hall–Kier alpha value is -1.34. The molecule has 0 radical (unpaired) electrons. The molecular formula is C12H13BrN2O. The van der Waals surface area contributed by atoms with Gasteiger partial charge in [0, 0.05) is 24.0 Å². The van der Waals surface area contributed by atoms with Crippen LogP contribution < -0.4 is 0 Å². The van der Waals surface area contributed by atoms with Gasteiger partial charge in [-0.3, -0.25) is 4.79 Å².